The molecule has 2 amide bonds. The molecule has 0 saturated heterocycles. The van der Waals surface area contributed by atoms with Gasteiger partial charge < -0.3 is 15.0 Å². The van der Waals surface area contributed by atoms with Crippen molar-refractivity contribution < 1.29 is 19.1 Å². The lowest BCUT2D eigenvalue weighted by Gasteiger charge is -2.34. The maximum Gasteiger partial charge on any atom is 0.336 e. The van der Waals surface area contributed by atoms with E-state index in [-0.39, 0.29) is 43.2 Å². The van der Waals surface area contributed by atoms with Gasteiger partial charge in [-0.15, -0.1) is 0 Å². The number of rotatable bonds is 11. The third-order valence-electron chi connectivity index (χ3n) is 8.42. The molecule has 1 N–H and O–H groups in total. The molecule has 0 aliphatic carbocycles. The quantitative estimate of drug-likeness (QED) is 0.183. The Balaban J connectivity index is 1.31. The molecule has 1 atom stereocenters. The zero-order chi connectivity index (χ0) is 31.8. The van der Waals surface area contributed by atoms with Crippen molar-refractivity contribution in [3.8, 4) is 0 Å². The van der Waals surface area contributed by atoms with E-state index >= 15 is 0 Å². The summed E-state index contributed by atoms with van der Waals surface area (Å²) in [6, 6.07) is 35.9. The number of hydrogen-bond donors (Lipinski definition) is 1. The van der Waals surface area contributed by atoms with Crippen molar-refractivity contribution in [2.75, 3.05) is 13.2 Å². The first-order valence-electron chi connectivity index (χ1n) is 15.6. The molecule has 45 heavy (non-hydrogen) atoms. The highest BCUT2D eigenvalue weighted by molar-refractivity contribution is 5.96. The van der Waals surface area contributed by atoms with E-state index in [0.29, 0.717) is 23.4 Å². The van der Waals surface area contributed by atoms with Gasteiger partial charge in [0.05, 0.1) is 18.7 Å². The van der Waals surface area contributed by atoms with E-state index in [2.05, 4.69) is 29.6 Å². The lowest BCUT2D eigenvalue weighted by atomic mass is 9.83. The Morgan fingerprint density at radius 3 is 2.18 bits per heavy atom. The molecule has 6 heteroatoms. The molecule has 1 aliphatic heterocycles. The second kappa shape index (κ2) is 14.7. The van der Waals surface area contributed by atoms with Gasteiger partial charge in [-0.05, 0) is 61.6 Å². The SMILES string of the molecule is CCOC(=O)C1=C(C)N(Cc2cccc(C(=O)NCCC(c3ccccc3)c3ccccc3)c2)C(=O)CC1c1cccc(C)c1. The predicted octanol–water partition coefficient (Wildman–Crippen LogP) is 7.30. The van der Waals surface area contributed by atoms with Crippen LogP contribution in [0.3, 0.4) is 0 Å². The number of nitrogens with one attached hydrogen (secondary N) is 1. The second-order valence-corrected chi connectivity index (χ2v) is 11.5. The molecule has 230 valence electrons. The summed E-state index contributed by atoms with van der Waals surface area (Å²) in [6.45, 7) is 6.58. The molecule has 6 nitrogen and oxygen atoms in total. The number of amides is 2. The smallest absolute Gasteiger partial charge is 0.336 e. The molecular formula is C39H40N2O4. The average Bonchev–Trinajstić information content (AvgIpc) is 3.05. The molecule has 4 aromatic rings. The van der Waals surface area contributed by atoms with Gasteiger partial charge in [0.1, 0.15) is 0 Å². The Morgan fingerprint density at radius 2 is 1.53 bits per heavy atom. The van der Waals surface area contributed by atoms with Crippen LogP contribution in [0.5, 0.6) is 0 Å². The first-order valence-corrected chi connectivity index (χ1v) is 15.6. The van der Waals surface area contributed by atoms with Crippen LogP contribution in [0.25, 0.3) is 0 Å². The summed E-state index contributed by atoms with van der Waals surface area (Å²) in [5.41, 5.74) is 6.82. The van der Waals surface area contributed by atoms with Crippen LogP contribution >= 0.6 is 0 Å². The number of ether oxygens (including phenoxy) is 1. The van der Waals surface area contributed by atoms with Crippen LogP contribution in [0.1, 0.15) is 76.7 Å². The summed E-state index contributed by atoms with van der Waals surface area (Å²) in [7, 11) is 0. The van der Waals surface area contributed by atoms with E-state index in [1.165, 1.54) is 11.1 Å². The molecule has 5 rings (SSSR count). The lowest BCUT2D eigenvalue weighted by Crippen LogP contribution is -2.38. The zero-order valence-corrected chi connectivity index (χ0v) is 26.2. The highest BCUT2D eigenvalue weighted by Gasteiger charge is 2.37. The first kappa shape index (κ1) is 31.5. The Hall–Kier alpha value is -4.97. The molecule has 0 aromatic heterocycles. The molecule has 0 saturated carbocycles. The van der Waals surface area contributed by atoms with Crippen LogP contribution in [-0.2, 0) is 20.9 Å². The third kappa shape index (κ3) is 7.58. The van der Waals surface area contributed by atoms with Crippen LogP contribution in [0.4, 0.5) is 0 Å². The van der Waals surface area contributed by atoms with E-state index < -0.39 is 5.97 Å². The molecule has 0 bridgehead atoms. The fraction of sp³-hybridized carbons (Fsp3) is 0.256. The molecule has 1 aliphatic rings. The molecule has 4 aromatic carbocycles. The highest BCUT2D eigenvalue weighted by atomic mass is 16.5. The summed E-state index contributed by atoms with van der Waals surface area (Å²) < 4.78 is 5.44. The Bertz CT molecular complexity index is 1640. The van der Waals surface area contributed by atoms with E-state index in [1.54, 1.807) is 24.8 Å². The molecule has 1 unspecified atom stereocenters. The molecular weight excluding hydrogens is 560 g/mol. The van der Waals surface area contributed by atoms with Crippen molar-refractivity contribution in [1.29, 1.82) is 0 Å². The maximum atomic E-state index is 13.5. The maximum absolute atomic E-state index is 13.5. The second-order valence-electron chi connectivity index (χ2n) is 11.5. The van der Waals surface area contributed by atoms with Crippen LogP contribution in [0, 0.1) is 6.92 Å². The van der Waals surface area contributed by atoms with Crippen molar-refractivity contribution in [2.45, 2.75) is 52.0 Å². The van der Waals surface area contributed by atoms with Crippen molar-refractivity contribution in [2.24, 2.45) is 0 Å². The lowest BCUT2D eigenvalue weighted by molar-refractivity contribution is -0.140. The average molecular weight is 601 g/mol. The van der Waals surface area contributed by atoms with E-state index in [9.17, 15) is 14.4 Å². The van der Waals surface area contributed by atoms with Gasteiger partial charge in [-0.1, -0.05) is 103 Å². The fourth-order valence-electron chi connectivity index (χ4n) is 6.17. The first-order chi connectivity index (χ1) is 21.9. The van der Waals surface area contributed by atoms with Crippen molar-refractivity contribution in [1.82, 2.24) is 10.2 Å². The van der Waals surface area contributed by atoms with Gasteiger partial charge in [0.2, 0.25) is 5.91 Å². The Labute approximate surface area is 265 Å². The van der Waals surface area contributed by atoms with E-state index in [0.717, 1.165) is 23.1 Å². The molecule has 1 heterocycles. The number of carbonyl (C=O) groups is 3. The number of aryl methyl sites for hydroxylation is 1. The summed E-state index contributed by atoms with van der Waals surface area (Å²) >= 11 is 0. The summed E-state index contributed by atoms with van der Waals surface area (Å²) in [5, 5.41) is 3.09. The number of carbonyl (C=O) groups excluding carboxylic acids is 3. The van der Waals surface area contributed by atoms with Crippen LogP contribution in [0.15, 0.2) is 120 Å². The van der Waals surface area contributed by atoms with Gasteiger partial charge in [-0.2, -0.15) is 0 Å². The Kier molecular flexibility index (Phi) is 10.3. The largest absolute Gasteiger partial charge is 0.463 e. The molecule has 0 spiro atoms. The molecule has 0 radical (unpaired) electrons. The minimum Gasteiger partial charge on any atom is -0.463 e. The monoisotopic (exact) mass is 600 g/mol. The van der Waals surface area contributed by atoms with Gasteiger partial charge in [0.25, 0.3) is 5.91 Å². The van der Waals surface area contributed by atoms with Gasteiger partial charge in [-0.3, -0.25) is 9.59 Å². The Morgan fingerprint density at radius 1 is 0.867 bits per heavy atom. The summed E-state index contributed by atoms with van der Waals surface area (Å²) in [6.07, 6.45) is 0.920. The van der Waals surface area contributed by atoms with Gasteiger partial charge in [0, 0.05) is 36.1 Å². The van der Waals surface area contributed by atoms with E-state index in [1.807, 2.05) is 85.8 Å². The predicted molar refractivity (Wildman–Crippen MR) is 177 cm³/mol. The van der Waals surface area contributed by atoms with Gasteiger partial charge in [0.15, 0.2) is 0 Å². The topological polar surface area (TPSA) is 75.7 Å². The normalized spacial score (nSPS) is 14.9. The highest BCUT2D eigenvalue weighted by Crippen LogP contribution is 2.38. The van der Waals surface area contributed by atoms with Crippen LogP contribution < -0.4 is 5.32 Å². The van der Waals surface area contributed by atoms with Gasteiger partial charge >= 0.3 is 5.97 Å². The van der Waals surface area contributed by atoms with Crippen molar-refractivity contribution in [3.05, 3.63) is 154 Å². The minimum atomic E-state index is -0.406. The number of allylic oxidation sites excluding steroid dienone is 1. The summed E-state index contributed by atoms with van der Waals surface area (Å²) in [5.74, 6) is -0.858. The summed E-state index contributed by atoms with van der Waals surface area (Å²) in [4.78, 5) is 41.6. The standard InChI is InChI=1S/C39H40N2O4/c1-4-45-39(44)37-28(3)41(36(42)25-35(37)32-19-11-13-27(2)23-32)26-29-14-12-20-33(24-29)38(43)40-22-21-34(30-15-7-5-8-16-30)31-17-9-6-10-18-31/h5-20,23-24,34-35H,4,21-22,25-26H2,1-3H3,(H,40,43). The fourth-order valence-corrected chi connectivity index (χ4v) is 6.17. The minimum absolute atomic E-state index is 0.0743. The number of hydrogen-bond acceptors (Lipinski definition) is 4. The molecule has 0 fully saturated rings. The zero-order valence-electron chi connectivity index (χ0n) is 26.2. The number of nitrogens with zero attached hydrogens (tertiary/aromatic N) is 1. The van der Waals surface area contributed by atoms with Crippen LogP contribution in [0.2, 0.25) is 0 Å². The van der Waals surface area contributed by atoms with Crippen molar-refractivity contribution in [3.63, 3.8) is 0 Å². The number of benzene rings is 4. The van der Waals surface area contributed by atoms with E-state index in [4.69, 9.17) is 4.74 Å². The van der Waals surface area contributed by atoms with Gasteiger partial charge in [-0.25, -0.2) is 4.79 Å². The van der Waals surface area contributed by atoms with Crippen LogP contribution in [-0.4, -0.2) is 35.8 Å². The third-order valence-corrected chi connectivity index (χ3v) is 8.42. The van der Waals surface area contributed by atoms with Crippen molar-refractivity contribution >= 4 is 17.8 Å². The number of esters is 1.